The fraction of sp³-hybridized carbons (Fsp3) is 0.300. The Bertz CT molecular complexity index is 1060. The SMILES string of the molecule is COc1cc2c(-c3ccc4c(c3)CCNC4)nn(C)c(=O)c2cc1OC.Cl. The molecule has 7 heteroatoms. The average molecular weight is 388 g/mol. The zero-order chi connectivity index (χ0) is 18.3. The maximum absolute atomic E-state index is 12.6. The van der Waals surface area contributed by atoms with Gasteiger partial charge in [-0.25, -0.2) is 4.68 Å². The number of aryl methyl sites for hydroxylation is 1. The number of halogens is 1. The normalized spacial score (nSPS) is 13.0. The summed E-state index contributed by atoms with van der Waals surface area (Å²) in [4.78, 5) is 12.6. The highest BCUT2D eigenvalue weighted by Gasteiger charge is 2.17. The van der Waals surface area contributed by atoms with E-state index in [4.69, 9.17) is 9.47 Å². The van der Waals surface area contributed by atoms with Gasteiger partial charge in [0.2, 0.25) is 0 Å². The van der Waals surface area contributed by atoms with Crippen molar-refractivity contribution < 1.29 is 9.47 Å². The summed E-state index contributed by atoms with van der Waals surface area (Å²) in [5, 5.41) is 9.25. The molecule has 1 N–H and O–H groups in total. The number of benzene rings is 2. The lowest BCUT2D eigenvalue weighted by molar-refractivity contribution is 0.356. The number of ether oxygens (including phenoxy) is 2. The molecule has 142 valence electrons. The second-order valence-corrected chi connectivity index (χ2v) is 6.44. The standard InChI is InChI=1S/C20H21N3O3.ClH/c1-23-20(24)16-10-18(26-3)17(25-2)9-15(16)19(22-23)13-4-5-14-11-21-7-6-12(14)8-13;/h4-5,8-10,21H,6-7,11H2,1-3H3;1H. The van der Waals surface area contributed by atoms with Crippen molar-refractivity contribution in [1.82, 2.24) is 15.1 Å². The van der Waals surface area contributed by atoms with Crippen molar-refractivity contribution in [2.24, 2.45) is 7.05 Å². The zero-order valence-electron chi connectivity index (χ0n) is 15.5. The zero-order valence-corrected chi connectivity index (χ0v) is 16.4. The van der Waals surface area contributed by atoms with Crippen molar-refractivity contribution in [3.8, 4) is 22.8 Å². The van der Waals surface area contributed by atoms with Crippen molar-refractivity contribution in [3.05, 3.63) is 51.8 Å². The number of hydrogen-bond acceptors (Lipinski definition) is 5. The third-order valence-corrected chi connectivity index (χ3v) is 4.92. The summed E-state index contributed by atoms with van der Waals surface area (Å²) in [6, 6.07) is 9.94. The molecule has 0 amide bonds. The highest BCUT2D eigenvalue weighted by atomic mass is 35.5. The summed E-state index contributed by atoms with van der Waals surface area (Å²) in [7, 11) is 4.82. The van der Waals surface area contributed by atoms with E-state index in [0.29, 0.717) is 16.9 Å². The Morgan fingerprint density at radius 2 is 1.74 bits per heavy atom. The van der Waals surface area contributed by atoms with E-state index in [9.17, 15) is 4.79 Å². The number of rotatable bonds is 3. The quantitative estimate of drug-likeness (QED) is 0.748. The van der Waals surface area contributed by atoms with Crippen LogP contribution in [-0.4, -0.2) is 30.5 Å². The Hall–Kier alpha value is -2.57. The molecule has 2 heterocycles. The van der Waals surface area contributed by atoms with Crippen molar-refractivity contribution in [1.29, 1.82) is 0 Å². The van der Waals surface area contributed by atoms with Gasteiger partial charge in [0.25, 0.3) is 5.56 Å². The number of methoxy groups -OCH3 is 2. The van der Waals surface area contributed by atoms with Crippen LogP contribution in [0, 0.1) is 0 Å². The van der Waals surface area contributed by atoms with E-state index in [2.05, 4.69) is 28.6 Å². The molecule has 0 atom stereocenters. The van der Waals surface area contributed by atoms with Crippen LogP contribution < -0.4 is 20.3 Å². The predicted molar refractivity (Wildman–Crippen MR) is 108 cm³/mol. The molecule has 1 aliphatic heterocycles. The smallest absolute Gasteiger partial charge is 0.274 e. The predicted octanol–water partition coefficient (Wildman–Crippen LogP) is 2.69. The van der Waals surface area contributed by atoms with E-state index in [-0.39, 0.29) is 18.0 Å². The van der Waals surface area contributed by atoms with E-state index in [1.807, 2.05) is 6.07 Å². The number of nitrogens with one attached hydrogen (secondary N) is 1. The molecule has 4 rings (SSSR count). The minimum absolute atomic E-state index is 0. The first kappa shape index (κ1) is 19.2. The highest BCUT2D eigenvalue weighted by molar-refractivity contribution is 5.96. The molecule has 3 aromatic rings. The van der Waals surface area contributed by atoms with Crippen LogP contribution in [0.25, 0.3) is 22.0 Å². The molecular formula is C20H22ClN3O3. The number of hydrogen-bond donors (Lipinski definition) is 1. The Kier molecular flexibility index (Phi) is 5.39. The first-order chi connectivity index (χ1) is 12.6. The van der Waals surface area contributed by atoms with Gasteiger partial charge in [-0.05, 0) is 42.3 Å². The average Bonchev–Trinajstić information content (AvgIpc) is 2.69. The summed E-state index contributed by atoms with van der Waals surface area (Å²) >= 11 is 0. The molecule has 27 heavy (non-hydrogen) atoms. The van der Waals surface area contributed by atoms with Gasteiger partial charge in [-0.1, -0.05) is 12.1 Å². The molecule has 0 saturated carbocycles. The molecule has 0 radical (unpaired) electrons. The van der Waals surface area contributed by atoms with Gasteiger partial charge < -0.3 is 14.8 Å². The van der Waals surface area contributed by atoms with Crippen LogP contribution in [-0.2, 0) is 20.0 Å². The van der Waals surface area contributed by atoms with Crippen LogP contribution in [0.2, 0.25) is 0 Å². The van der Waals surface area contributed by atoms with Crippen molar-refractivity contribution >= 4 is 23.2 Å². The van der Waals surface area contributed by atoms with E-state index in [0.717, 1.165) is 36.2 Å². The van der Waals surface area contributed by atoms with E-state index in [1.54, 1.807) is 27.3 Å². The van der Waals surface area contributed by atoms with E-state index < -0.39 is 0 Å². The van der Waals surface area contributed by atoms with Crippen LogP contribution in [0.15, 0.2) is 35.1 Å². The Morgan fingerprint density at radius 3 is 2.44 bits per heavy atom. The fourth-order valence-electron chi connectivity index (χ4n) is 3.51. The highest BCUT2D eigenvalue weighted by Crippen LogP contribution is 2.35. The van der Waals surface area contributed by atoms with Gasteiger partial charge in [0.15, 0.2) is 11.5 Å². The first-order valence-corrected chi connectivity index (χ1v) is 8.58. The molecule has 1 aromatic heterocycles. The first-order valence-electron chi connectivity index (χ1n) is 8.58. The summed E-state index contributed by atoms with van der Waals surface area (Å²) in [6.45, 7) is 1.87. The molecule has 0 saturated heterocycles. The maximum Gasteiger partial charge on any atom is 0.274 e. The number of nitrogens with zero attached hydrogens (tertiary/aromatic N) is 2. The van der Waals surface area contributed by atoms with Gasteiger partial charge in [-0.15, -0.1) is 12.4 Å². The van der Waals surface area contributed by atoms with Crippen LogP contribution >= 0.6 is 12.4 Å². The largest absolute Gasteiger partial charge is 0.493 e. The molecular weight excluding hydrogens is 366 g/mol. The Morgan fingerprint density at radius 1 is 1.04 bits per heavy atom. The Balaban J connectivity index is 0.00000210. The minimum atomic E-state index is -0.160. The van der Waals surface area contributed by atoms with Gasteiger partial charge in [-0.2, -0.15) is 5.10 Å². The van der Waals surface area contributed by atoms with Crippen LogP contribution in [0.1, 0.15) is 11.1 Å². The monoisotopic (exact) mass is 387 g/mol. The third kappa shape index (κ3) is 3.26. The van der Waals surface area contributed by atoms with Crippen molar-refractivity contribution in [2.75, 3.05) is 20.8 Å². The number of fused-ring (bicyclic) bond motifs is 2. The van der Waals surface area contributed by atoms with Gasteiger partial charge >= 0.3 is 0 Å². The molecule has 6 nitrogen and oxygen atoms in total. The number of aromatic nitrogens is 2. The molecule has 2 aromatic carbocycles. The topological polar surface area (TPSA) is 65.4 Å². The lowest BCUT2D eigenvalue weighted by Crippen LogP contribution is -2.23. The van der Waals surface area contributed by atoms with E-state index in [1.165, 1.54) is 15.8 Å². The molecule has 0 spiro atoms. The molecule has 0 aliphatic carbocycles. The van der Waals surface area contributed by atoms with Crippen LogP contribution in [0.5, 0.6) is 11.5 Å². The van der Waals surface area contributed by atoms with Crippen molar-refractivity contribution in [3.63, 3.8) is 0 Å². The lowest BCUT2D eigenvalue weighted by Gasteiger charge is -2.18. The summed E-state index contributed by atoms with van der Waals surface area (Å²) in [5.74, 6) is 1.12. The summed E-state index contributed by atoms with van der Waals surface area (Å²) in [6.07, 6.45) is 0.990. The van der Waals surface area contributed by atoms with Crippen LogP contribution in [0.4, 0.5) is 0 Å². The molecule has 1 aliphatic rings. The second-order valence-electron chi connectivity index (χ2n) is 6.44. The maximum atomic E-state index is 12.6. The summed E-state index contributed by atoms with van der Waals surface area (Å²) < 4.78 is 12.2. The van der Waals surface area contributed by atoms with Gasteiger partial charge in [0, 0.05) is 24.5 Å². The third-order valence-electron chi connectivity index (χ3n) is 4.92. The summed E-state index contributed by atoms with van der Waals surface area (Å²) in [5.41, 5.74) is 4.24. The Labute approximate surface area is 163 Å². The molecule has 0 fully saturated rings. The van der Waals surface area contributed by atoms with Crippen molar-refractivity contribution in [2.45, 2.75) is 13.0 Å². The minimum Gasteiger partial charge on any atom is -0.493 e. The van der Waals surface area contributed by atoms with Crippen LogP contribution in [0.3, 0.4) is 0 Å². The van der Waals surface area contributed by atoms with Gasteiger partial charge in [0.1, 0.15) is 0 Å². The van der Waals surface area contributed by atoms with E-state index >= 15 is 0 Å². The molecule has 0 bridgehead atoms. The lowest BCUT2D eigenvalue weighted by atomic mass is 9.95. The fourth-order valence-corrected chi connectivity index (χ4v) is 3.51. The molecule has 0 unspecified atom stereocenters. The van der Waals surface area contributed by atoms with Gasteiger partial charge in [0.05, 0.1) is 25.3 Å². The second kappa shape index (κ2) is 7.58. The van der Waals surface area contributed by atoms with Gasteiger partial charge in [-0.3, -0.25) is 4.79 Å².